The van der Waals surface area contributed by atoms with Gasteiger partial charge in [0.1, 0.15) is 0 Å². The lowest BCUT2D eigenvalue weighted by atomic mass is 10.3. The highest BCUT2D eigenvalue weighted by molar-refractivity contribution is 4.99. The van der Waals surface area contributed by atoms with Crippen LogP contribution in [-0.2, 0) is 6.42 Å². The zero-order chi connectivity index (χ0) is 7.68. The third-order valence-electron chi connectivity index (χ3n) is 1.87. The molecular weight excluding hydrogens is 140 g/mol. The fourth-order valence-electron chi connectivity index (χ4n) is 1.08. The molecule has 0 aliphatic heterocycles. The SMILES string of the molecule is CCCc1nnc(C2CC2)o1. The highest BCUT2D eigenvalue weighted by Crippen LogP contribution is 2.38. The second-order valence-electron chi connectivity index (χ2n) is 3.06. The molecule has 3 nitrogen and oxygen atoms in total. The molecule has 0 N–H and O–H groups in total. The topological polar surface area (TPSA) is 38.9 Å². The van der Waals surface area contributed by atoms with Crippen molar-refractivity contribution in [2.75, 3.05) is 0 Å². The van der Waals surface area contributed by atoms with Crippen molar-refractivity contribution in [2.45, 2.75) is 38.5 Å². The smallest absolute Gasteiger partial charge is 0.219 e. The van der Waals surface area contributed by atoms with Crippen LogP contribution in [0.1, 0.15) is 43.9 Å². The molecule has 1 aromatic rings. The van der Waals surface area contributed by atoms with Crippen molar-refractivity contribution in [2.24, 2.45) is 0 Å². The van der Waals surface area contributed by atoms with Gasteiger partial charge in [0.25, 0.3) is 0 Å². The first-order chi connectivity index (χ1) is 5.40. The molecule has 0 unspecified atom stereocenters. The molecule has 1 saturated carbocycles. The molecule has 0 spiro atoms. The van der Waals surface area contributed by atoms with Crippen LogP contribution < -0.4 is 0 Å². The molecule has 0 aromatic carbocycles. The third-order valence-corrected chi connectivity index (χ3v) is 1.87. The molecule has 1 aromatic heterocycles. The molecule has 60 valence electrons. The molecule has 0 radical (unpaired) electrons. The van der Waals surface area contributed by atoms with E-state index in [1.807, 2.05) is 0 Å². The average Bonchev–Trinajstić information content (AvgIpc) is 2.75. The van der Waals surface area contributed by atoms with Gasteiger partial charge in [-0.3, -0.25) is 0 Å². The number of nitrogens with zero attached hydrogens (tertiary/aromatic N) is 2. The Kier molecular flexibility index (Phi) is 1.64. The number of hydrogen-bond acceptors (Lipinski definition) is 3. The minimum atomic E-state index is 0.591. The van der Waals surface area contributed by atoms with Crippen LogP contribution in [0, 0.1) is 0 Å². The van der Waals surface area contributed by atoms with Gasteiger partial charge in [0, 0.05) is 12.3 Å². The molecule has 3 heteroatoms. The largest absolute Gasteiger partial charge is 0.425 e. The van der Waals surface area contributed by atoms with Crippen LogP contribution in [0.4, 0.5) is 0 Å². The summed E-state index contributed by atoms with van der Waals surface area (Å²) in [5.41, 5.74) is 0. The minimum absolute atomic E-state index is 0.591. The summed E-state index contributed by atoms with van der Waals surface area (Å²) in [5, 5.41) is 7.93. The summed E-state index contributed by atoms with van der Waals surface area (Å²) in [6.45, 7) is 2.11. The van der Waals surface area contributed by atoms with Crippen molar-refractivity contribution in [1.82, 2.24) is 10.2 Å². The van der Waals surface area contributed by atoms with Crippen LogP contribution in [0.2, 0.25) is 0 Å². The summed E-state index contributed by atoms with van der Waals surface area (Å²) in [7, 11) is 0. The molecule has 2 rings (SSSR count). The second-order valence-corrected chi connectivity index (χ2v) is 3.06. The van der Waals surface area contributed by atoms with E-state index < -0.39 is 0 Å². The van der Waals surface area contributed by atoms with E-state index in [-0.39, 0.29) is 0 Å². The molecular formula is C8H12N2O. The zero-order valence-electron chi connectivity index (χ0n) is 6.71. The van der Waals surface area contributed by atoms with Gasteiger partial charge < -0.3 is 4.42 Å². The number of rotatable bonds is 3. The van der Waals surface area contributed by atoms with E-state index in [0.717, 1.165) is 24.6 Å². The predicted molar refractivity (Wildman–Crippen MR) is 40.3 cm³/mol. The fourth-order valence-corrected chi connectivity index (χ4v) is 1.08. The summed E-state index contributed by atoms with van der Waals surface area (Å²) < 4.78 is 5.43. The third kappa shape index (κ3) is 1.42. The first-order valence-electron chi connectivity index (χ1n) is 4.22. The first-order valence-corrected chi connectivity index (χ1v) is 4.22. The summed E-state index contributed by atoms with van der Waals surface area (Å²) >= 11 is 0. The lowest BCUT2D eigenvalue weighted by Crippen LogP contribution is -1.80. The summed E-state index contributed by atoms with van der Waals surface area (Å²) in [4.78, 5) is 0. The quantitative estimate of drug-likeness (QED) is 0.664. The van der Waals surface area contributed by atoms with Crippen molar-refractivity contribution in [3.63, 3.8) is 0 Å². The average molecular weight is 152 g/mol. The Morgan fingerprint density at radius 3 is 2.91 bits per heavy atom. The Labute approximate surface area is 65.8 Å². The van der Waals surface area contributed by atoms with Crippen molar-refractivity contribution in [3.05, 3.63) is 11.8 Å². The molecule has 1 aliphatic carbocycles. The van der Waals surface area contributed by atoms with Gasteiger partial charge in [-0.1, -0.05) is 6.92 Å². The van der Waals surface area contributed by atoms with Crippen LogP contribution in [0.3, 0.4) is 0 Å². The van der Waals surface area contributed by atoms with Gasteiger partial charge in [0.05, 0.1) is 0 Å². The molecule has 0 atom stereocenters. The highest BCUT2D eigenvalue weighted by Gasteiger charge is 2.29. The normalized spacial score (nSPS) is 17.2. The molecule has 1 heterocycles. The molecule has 1 aliphatic rings. The van der Waals surface area contributed by atoms with E-state index >= 15 is 0 Å². The van der Waals surface area contributed by atoms with Gasteiger partial charge in [0.2, 0.25) is 11.8 Å². The van der Waals surface area contributed by atoms with Crippen LogP contribution >= 0.6 is 0 Å². The zero-order valence-corrected chi connectivity index (χ0v) is 6.71. The van der Waals surface area contributed by atoms with Gasteiger partial charge >= 0.3 is 0 Å². The maximum atomic E-state index is 5.43. The second kappa shape index (κ2) is 2.64. The van der Waals surface area contributed by atoms with Gasteiger partial charge in [-0.05, 0) is 19.3 Å². The van der Waals surface area contributed by atoms with Crippen molar-refractivity contribution >= 4 is 0 Å². The summed E-state index contributed by atoms with van der Waals surface area (Å²) in [6.07, 6.45) is 4.45. The number of aryl methyl sites for hydroxylation is 1. The van der Waals surface area contributed by atoms with Gasteiger partial charge in [-0.2, -0.15) is 0 Å². The Morgan fingerprint density at radius 1 is 1.45 bits per heavy atom. The van der Waals surface area contributed by atoms with Crippen molar-refractivity contribution in [3.8, 4) is 0 Å². The van der Waals surface area contributed by atoms with Crippen molar-refractivity contribution < 1.29 is 4.42 Å². The van der Waals surface area contributed by atoms with Crippen LogP contribution in [0.5, 0.6) is 0 Å². The molecule has 1 fully saturated rings. The maximum absolute atomic E-state index is 5.43. The Morgan fingerprint density at radius 2 is 2.27 bits per heavy atom. The molecule has 11 heavy (non-hydrogen) atoms. The van der Waals surface area contributed by atoms with E-state index in [9.17, 15) is 0 Å². The van der Waals surface area contributed by atoms with Crippen LogP contribution in [0.15, 0.2) is 4.42 Å². The van der Waals surface area contributed by atoms with Crippen molar-refractivity contribution in [1.29, 1.82) is 0 Å². The number of hydrogen-bond donors (Lipinski definition) is 0. The Hall–Kier alpha value is -0.860. The first kappa shape index (κ1) is 6.83. The van der Waals surface area contributed by atoms with E-state index in [1.165, 1.54) is 12.8 Å². The van der Waals surface area contributed by atoms with E-state index in [2.05, 4.69) is 17.1 Å². The van der Waals surface area contributed by atoms with Gasteiger partial charge in [0.15, 0.2) is 0 Å². The summed E-state index contributed by atoms with van der Waals surface area (Å²) in [5.74, 6) is 2.25. The monoisotopic (exact) mass is 152 g/mol. The minimum Gasteiger partial charge on any atom is -0.425 e. The fraction of sp³-hybridized carbons (Fsp3) is 0.750. The maximum Gasteiger partial charge on any atom is 0.219 e. The highest BCUT2D eigenvalue weighted by atomic mass is 16.4. The predicted octanol–water partition coefficient (Wildman–Crippen LogP) is 1.90. The van der Waals surface area contributed by atoms with Gasteiger partial charge in [-0.25, -0.2) is 0 Å². The summed E-state index contributed by atoms with van der Waals surface area (Å²) in [6, 6.07) is 0. The number of aromatic nitrogens is 2. The van der Waals surface area contributed by atoms with E-state index in [4.69, 9.17) is 4.42 Å². The van der Waals surface area contributed by atoms with Crippen LogP contribution in [-0.4, -0.2) is 10.2 Å². The standard InChI is InChI=1S/C8H12N2O/c1-2-3-7-9-10-8(11-7)6-4-5-6/h6H,2-5H2,1H3. The van der Waals surface area contributed by atoms with E-state index in [1.54, 1.807) is 0 Å². The van der Waals surface area contributed by atoms with Gasteiger partial charge in [-0.15, -0.1) is 10.2 Å². The molecule has 0 saturated heterocycles. The van der Waals surface area contributed by atoms with Crippen LogP contribution in [0.25, 0.3) is 0 Å². The Bertz CT molecular complexity index is 240. The lowest BCUT2D eigenvalue weighted by Gasteiger charge is -1.86. The molecule has 0 amide bonds. The molecule has 0 bridgehead atoms. The van der Waals surface area contributed by atoms with E-state index in [0.29, 0.717) is 5.92 Å². The lowest BCUT2D eigenvalue weighted by molar-refractivity contribution is 0.448. The Balaban J connectivity index is 2.06.